The van der Waals surface area contributed by atoms with Crippen LogP contribution < -0.4 is 10.6 Å². The van der Waals surface area contributed by atoms with Gasteiger partial charge in [-0.1, -0.05) is 24.2 Å². The molecule has 2 aromatic rings. The second kappa shape index (κ2) is 9.28. The van der Waals surface area contributed by atoms with Crippen LogP contribution in [0.2, 0.25) is 0 Å². The summed E-state index contributed by atoms with van der Waals surface area (Å²) < 4.78 is 18.8. The van der Waals surface area contributed by atoms with E-state index in [1.54, 1.807) is 19.1 Å². The van der Waals surface area contributed by atoms with Crippen LogP contribution in [-0.2, 0) is 11.2 Å². The first kappa shape index (κ1) is 21.3. The van der Waals surface area contributed by atoms with E-state index < -0.39 is 0 Å². The van der Waals surface area contributed by atoms with Crippen LogP contribution >= 0.6 is 12.4 Å². The van der Waals surface area contributed by atoms with Gasteiger partial charge in [-0.2, -0.15) is 4.98 Å². The van der Waals surface area contributed by atoms with E-state index in [-0.39, 0.29) is 36.0 Å². The van der Waals surface area contributed by atoms with E-state index >= 15 is 0 Å². The van der Waals surface area contributed by atoms with Gasteiger partial charge in [0.2, 0.25) is 17.6 Å². The predicted octanol–water partition coefficient (Wildman–Crippen LogP) is 3.04. The first-order chi connectivity index (χ1) is 12.5. The van der Waals surface area contributed by atoms with Crippen LogP contribution in [0.3, 0.4) is 0 Å². The van der Waals surface area contributed by atoms with Crippen molar-refractivity contribution in [3.8, 4) is 11.4 Å². The van der Waals surface area contributed by atoms with Gasteiger partial charge in [-0.05, 0) is 49.9 Å². The fraction of sp³-hybridized carbons (Fsp3) is 0.526. The summed E-state index contributed by atoms with van der Waals surface area (Å²) in [6.45, 7) is 6.58. The van der Waals surface area contributed by atoms with Gasteiger partial charge in [-0.15, -0.1) is 12.4 Å². The summed E-state index contributed by atoms with van der Waals surface area (Å²) in [5.74, 6) is 0.385. The Labute approximate surface area is 164 Å². The zero-order valence-electron chi connectivity index (χ0n) is 15.7. The van der Waals surface area contributed by atoms with E-state index in [2.05, 4.69) is 27.7 Å². The van der Waals surface area contributed by atoms with E-state index in [9.17, 15) is 9.18 Å². The molecule has 148 valence electrons. The molecule has 3 rings (SSSR count). The molecule has 0 aliphatic carbocycles. The van der Waals surface area contributed by atoms with E-state index in [0.717, 1.165) is 25.9 Å². The monoisotopic (exact) mass is 396 g/mol. The summed E-state index contributed by atoms with van der Waals surface area (Å²) in [7, 11) is 0. The molecule has 1 aliphatic rings. The maximum atomic E-state index is 13.7. The Morgan fingerprint density at radius 2 is 2.11 bits per heavy atom. The molecule has 2 heterocycles. The molecular weight excluding hydrogens is 371 g/mol. The van der Waals surface area contributed by atoms with Crippen molar-refractivity contribution < 1.29 is 13.7 Å². The van der Waals surface area contributed by atoms with E-state index in [1.165, 1.54) is 6.07 Å². The number of halogens is 2. The third-order valence-corrected chi connectivity index (χ3v) is 4.99. The average Bonchev–Trinajstić information content (AvgIpc) is 3.10. The van der Waals surface area contributed by atoms with Crippen molar-refractivity contribution >= 4 is 18.3 Å². The molecule has 6 nitrogen and oxygen atoms in total. The van der Waals surface area contributed by atoms with Crippen LogP contribution in [0.1, 0.15) is 37.6 Å². The Hall–Kier alpha value is -1.99. The minimum atomic E-state index is -0.306. The molecule has 0 spiro atoms. The van der Waals surface area contributed by atoms with Gasteiger partial charge in [0, 0.05) is 24.9 Å². The largest absolute Gasteiger partial charge is 0.356 e. The molecule has 0 saturated carbocycles. The zero-order valence-corrected chi connectivity index (χ0v) is 16.5. The third kappa shape index (κ3) is 5.74. The smallest absolute Gasteiger partial charge is 0.227 e. The maximum absolute atomic E-state index is 13.7. The van der Waals surface area contributed by atoms with Crippen LogP contribution in [0.15, 0.2) is 22.7 Å². The number of carbonyl (C=O) groups excluding carboxylic acids is 1. The molecular formula is C19H26ClFN4O2. The van der Waals surface area contributed by atoms with Gasteiger partial charge in [0.15, 0.2) is 0 Å². The second-order valence-electron chi connectivity index (χ2n) is 7.31. The lowest BCUT2D eigenvalue weighted by atomic mass is 9.81. The van der Waals surface area contributed by atoms with Crippen molar-refractivity contribution in [3.05, 3.63) is 35.5 Å². The van der Waals surface area contributed by atoms with E-state index in [4.69, 9.17) is 4.52 Å². The van der Waals surface area contributed by atoms with Crippen molar-refractivity contribution in [1.82, 2.24) is 20.8 Å². The summed E-state index contributed by atoms with van der Waals surface area (Å²) in [6.07, 6.45) is 2.78. The first-order valence-corrected chi connectivity index (χ1v) is 9.02. The lowest BCUT2D eigenvalue weighted by molar-refractivity contribution is -0.121. The van der Waals surface area contributed by atoms with Gasteiger partial charge in [-0.25, -0.2) is 4.39 Å². The van der Waals surface area contributed by atoms with Crippen LogP contribution in [0, 0.1) is 18.2 Å². The highest BCUT2D eigenvalue weighted by atomic mass is 35.5. The number of nitrogens with one attached hydrogen (secondary N) is 2. The number of amides is 1. The number of hydrogen-bond acceptors (Lipinski definition) is 5. The van der Waals surface area contributed by atoms with Crippen molar-refractivity contribution in [2.45, 2.75) is 39.5 Å². The maximum Gasteiger partial charge on any atom is 0.227 e. The van der Waals surface area contributed by atoms with E-state index in [0.29, 0.717) is 35.8 Å². The van der Waals surface area contributed by atoms with Gasteiger partial charge >= 0.3 is 0 Å². The normalized spacial score (nSPS) is 15.8. The van der Waals surface area contributed by atoms with Crippen LogP contribution in [0.4, 0.5) is 4.39 Å². The number of hydrogen-bond donors (Lipinski definition) is 2. The lowest BCUT2D eigenvalue weighted by Crippen LogP contribution is -2.42. The number of aromatic nitrogens is 2. The molecule has 0 unspecified atom stereocenters. The van der Waals surface area contributed by atoms with Gasteiger partial charge in [-0.3, -0.25) is 4.79 Å². The molecule has 1 aromatic carbocycles. The molecule has 0 atom stereocenters. The number of nitrogens with zero attached hydrogens (tertiary/aromatic N) is 2. The standard InChI is InChI=1S/C19H25FN4O2.ClH/c1-13-3-4-14(11-15(13)20)18-23-17(26-24-18)6-5-16(25)22-12-19(2)7-9-21-10-8-19;/h3-4,11,21H,5-10,12H2,1-2H3,(H,22,25);1H. The van der Waals surface area contributed by atoms with Gasteiger partial charge in [0.05, 0.1) is 0 Å². The van der Waals surface area contributed by atoms with E-state index in [1.807, 2.05) is 0 Å². The van der Waals surface area contributed by atoms with Crippen molar-refractivity contribution in [2.24, 2.45) is 5.41 Å². The van der Waals surface area contributed by atoms with Gasteiger partial charge in [0.1, 0.15) is 5.82 Å². The highest BCUT2D eigenvalue weighted by Gasteiger charge is 2.27. The number of benzene rings is 1. The molecule has 1 saturated heterocycles. The molecule has 0 radical (unpaired) electrons. The zero-order chi connectivity index (χ0) is 18.6. The van der Waals surface area contributed by atoms with Gasteiger partial charge < -0.3 is 15.2 Å². The number of piperidine rings is 1. The van der Waals surface area contributed by atoms with Crippen molar-refractivity contribution in [3.63, 3.8) is 0 Å². The molecule has 1 aliphatic heterocycles. The topological polar surface area (TPSA) is 80.0 Å². The number of rotatable bonds is 6. The molecule has 8 heteroatoms. The Morgan fingerprint density at radius 3 is 2.81 bits per heavy atom. The SMILES string of the molecule is Cc1ccc(-c2noc(CCC(=O)NCC3(C)CCNCC3)n2)cc1F.Cl. The quantitative estimate of drug-likeness (QED) is 0.784. The fourth-order valence-corrected chi connectivity index (χ4v) is 3.03. The highest BCUT2D eigenvalue weighted by Crippen LogP contribution is 2.26. The molecule has 1 fully saturated rings. The number of carbonyl (C=O) groups is 1. The Morgan fingerprint density at radius 1 is 1.37 bits per heavy atom. The Bertz CT molecular complexity index is 775. The van der Waals surface area contributed by atoms with Gasteiger partial charge in [0.25, 0.3) is 0 Å². The summed E-state index contributed by atoms with van der Waals surface area (Å²) in [5, 5.41) is 10.2. The second-order valence-corrected chi connectivity index (χ2v) is 7.31. The fourth-order valence-electron chi connectivity index (χ4n) is 3.03. The summed E-state index contributed by atoms with van der Waals surface area (Å²) in [6, 6.07) is 4.81. The molecule has 0 bridgehead atoms. The molecule has 1 aromatic heterocycles. The molecule has 27 heavy (non-hydrogen) atoms. The highest BCUT2D eigenvalue weighted by molar-refractivity contribution is 5.85. The van der Waals surface area contributed by atoms with Crippen LogP contribution in [-0.4, -0.2) is 35.7 Å². The summed E-state index contributed by atoms with van der Waals surface area (Å²) in [5.41, 5.74) is 1.29. The molecule has 1 amide bonds. The predicted molar refractivity (Wildman–Crippen MR) is 103 cm³/mol. The van der Waals surface area contributed by atoms with Crippen LogP contribution in [0.5, 0.6) is 0 Å². The Kier molecular flexibility index (Phi) is 7.33. The minimum absolute atomic E-state index is 0. The number of aryl methyl sites for hydroxylation is 2. The van der Waals surface area contributed by atoms with Crippen molar-refractivity contribution in [2.75, 3.05) is 19.6 Å². The lowest BCUT2D eigenvalue weighted by Gasteiger charge is -2.34. The Balaban J connectivity index is 0.00000261. The third-order valence-electron chi connectivity index (χ3n) is 4.99. The average molecular weight is 397 g/mol. The summed E-state index contributed by atoms with van der Waals surface area (Å²) in [4.78, 5) is 16.3. The first-order valence-electron chi connectivity index (χ1n) is 9.02. The molecule has 2 N–H and O–H groups in total. The van der Waals surface area contributed by atoms with Crippen LogP contribution in [0.25, 0.3) is 11.4 Å². The summed E-state index contributed by atoms with van der Waals surface area (Å²) >= 11 is 0. The minimum Gasteiger partial charge on any atom is -0.356 e. The van der Waals surface area contributed by atoms with Crippen molar-refractivity contribution in [1.29, 1.82) is 0 Å².